The molecule has 0 aromatic heterocycles. The van der Waals surface area contributed by atoms with Gasteiger partial charge in [-0.1, -0.05) is 6.42 Å². The Hall–Kier alpha value is -0.770. The van der Waals surface area contributed by atoms with Crippen LogP contribution in [0.2, 0.25) is 0 Å². The lowest BCUT2D eigenvalue weighted by atomic mass is 10.1. The fourth-order valence-electron chi connectivity index (χ4n) is 3.10. The van der Waals surface area contributed by atoms with E-state index >= 15 is 0 Å². The number of guanidine groups is 1. The first-order valence-electron chi connectivity index (χ1n) is 9.33. The highest BCUT2D eigenvalue weighted by atomic mass is 127. The third-order valence-corrected chi connectivity index (χ3v) is 4.65. The number of hydrogen-bond acceptors (Lipinski definition) is 4. The van der Waals surface area contributed by atoms with Crippen molar-refractivity contribution in [1.29, 1.82) is 0 Å². The average Bonchev–Trinajstić information content (AvgIpc) is 3.43. The SMILES string of the molecule is CCOC(=O)NC(CNC(=NC)NCCN1CCCCC1)C1CC1.I. The van der Waals surface area contributed by atoms with E-state index in [1.54, 1.807) is 7.05 Å². The molecule has 0 bridgehead atoms. The molecule has 1 atom stereocenters. The summed E-state index contributed by atoms with van der Waals surface area (Å²) in [5.41, 5.74) is 0. The van der Waals surface area contributed by atoms with Gasteiger partial charge >= 0.3 is 6.09 Å². The number of likely N-dealkylation sites (tertiary alicyclic amines) is 1. The third kappa shape index (κ3) is 8.94. The van der Waals surface area contributed by atoms with Crippen molar-refractivity contribution in [3.05, 3.63) is 0 Å². The maximum Gasteiger partial charge on any atom is 0.407 e. The van der Waals surface area contributed by atoms with Crippen molar-refractivity contribution in [3.8, 4) is 0 Å². The van der Waals surface area contributed by atoms with Crippen LogP contribution < -0.4 is 16.0 Å². The summed E-state index contributed by atoms with van der Waals surface area (Å²) in [6, 6.07) is 0.102. The Kier molecular flexibility index (Phi) is 11.2. The minimum Gasteiger partial charge on any atom is -0.450 e. The molecule has 1 unspecified atom stereocenters. The molecule has 8 heteroatoms. The van der Waals surface area contributed by atoms with E-state index in [4.69, 9.17) is 4.74 Å². The van der Waals surface area contributed by atoms with Crippen molar-refractivity contribution >= 4 is 36.0 Å². The van der Waals surface area contributed by atoms with Crippen molar-refractivity contribution in [2.24, 2.45) is 10.9 Å². The number of aliphatic imine (C=N–C) groups is 1. The largest absolute Gasteiger partial charge is 0.450 e. The number of nitrogens with zero attached hydrogens (tertiary/aromatic N) is 2. The van der Waals surface area contributed by atoms with Gasteiger partial charge in [-0.25, -0.2) is 4.79 Å². The molecule has 3 N–H and O–H groups in total. The minimum atomic E-state index is -0.329. The highest BCUT2D eigenvalue weighted by Gasteiger charge is 2.32. The van der Waals surface area contributed by atoms with Crippen molar-refractivity contribution in [1.82, 2.24) is 20.9 Å². The monoisotopic (exact) mass is 467 g/mol. The van der Waals surface area contributed by atoms with Crippen LogP contribution in [0.4, 0.5) is 4.79 Å². The number of hydrogen-bond donors (Lipinski definition) is 3. The summed E-state index contributed by atoms with van der Waals surface area (Å²) in [5.74, 6) is 1.34. The Morgan fingerprint density at radius 3 is 2.56 bits per heavy atom. The lowest BCUT2D eigenvalue weighted by molar-refractivity contribution is 0.146. The van der Waals surface area contributed by atoms with Gasteiger partial charge in [0.25, 0.3) is 0 Å². The first kappa shape index (κ1) is 22.3. The van der Waals surface area contributed by atoms with E-state index in [1.807, 2.05) is 6.92 Å². The molecule has 1 saturated carbocycles. The lowest BCUT2D eigenvalue weighted by Crippen LogP contribution is -2.49. The molecule has 1 heterocycles. The number of nitrogens with one attached hydrogen (secondary N) is 3. The number of rotatable bonds is 8. The Morgan fingerprint density at radius 1 is 1.24 bits per heavy atom. The summed E-state index contributed by atoms with van der Waals surface area (Å²) >= 11 is 0. The second-order valence-electron chi connectivity index (χ2n) is 6.59. The number of amides is 1. The first-order valence-corrected chi connectivity index (χ1v) is 9.33. The molecule has 25 heavy (non-hydrogen) atoms. The van der Waals surface area contributed by atoms with Gasteiger partial charge in [-0.2, -0.15) is 0 Å². The van der Waals surface area contributed by atoms with Gasteiger partial charge in [0, 0.05) is 26.7 Å². The number of carbonyl (C=O) groups is 1. The lowest BCUT2D eigenvalue weighted by Gasteiger charge is -2.27. The second kappa shape index (κ2) is 12.6. The Labute approximate surface area is 168 Å². The highest BCUT2D eigenvalue weighted by molar-refractivity contribution is 14.0. The number of halogens is 1. The maximum atomic E-state index is 11.6. The second-order valence-corrected chi connectivity index (χ2v) is 6.59. The fraction of sp³-hybridized carbons (Fsp3) is 0.882. The minimum absolute atomic E-state index is 0. The molecule has 1 amide bonds. The number of piperidine rings is 1. The van der Waals surface area contributed by atoms with E-state index in [9.17, 15) is 4.79 Å². The van der Waals surface area contributed by atoms with Gasteiger partial charge in [0.2, 0.25) is 0 Å². The van der Waals surface area contributed by atoms with Crippen molar-refractivity contribution in [2.75, 3.05) is 46.4 Å². The Balaban J connectivity index is 0.00000312. The van der Waals surface area contributed by atoms with E-state index in [0.29, 0.717) is 19.1 Å². The number of carbonyl (C=O) groups excluding carboxylic acids is 1. The van der Waals surface area contributed by atoms with Crippen LogP contribution >= 0.6 is 24.0 Å². The summed E-state index contributed by atoms with van der Waals surface area (Å²) in [4.78, 5) is 18.4. The van der Waals surface area contributed by atoms with Crippen LogP contribution in [-0.4, -0.2) is 69.4 Å². The molecule has 0 aromatic carbocycles. The smallest absolute Gasteiger partial charge is 0.407 e. The van der Waals surface area contributed by atoms with Crippen molar-refractivity contribution < 1.29 is 9.53 Å². The molecule has 0 spiro atoms. The summed E-state index contributed by atoms with van der Waals surface area (Å²) in [7, 11) is 1.78. The van der Waals surface area contributed by atoms with Crippen molar-refractivity contribution in [2.45, 2.75) is 45.1 Å². The topological polar surface area (TPSA) is 78.0 Å². The quantitative estimate of drug-likeness (QED) is 0.288. The van der Waals surface area contributed by atoms with E-state index in [1.165, 1.54) is 45.2 Å². The van der Waals surface area contributed by atoms with Gasteiger partial charge in [0.1, 0.15) is 0 Å². The molecule has 0 radical (unpaired) electrons. The normalized spacial score (nSPS) is 19.5. The summed E-state index contributed by atoms with van der Waals surface area (Å²) < 4.78 is 4.99. The van der Waals surface area contributed by atoms with E-state index < -0.39 is 0 Å². The highest BCUT2D eigenvalue weighted by Crippen LogP contribution is 2.32. The molecule has 2 aliphatic rings. The zero-order valence-corrected chi connectivity index (χ0v) is 17.9. The van der Waals surface area contributed by atoms with Gasteiger partial charge < -0.3 is 25.6 Å². The molecule has 2 fully saturated rings. The van der Waals surface area contributed by atoms with E-state index in [0.717, 1.165) is 19.0 Å². The first-order chi connectivity index (χ1) is 11.7. The zero-order valence-electron chi connectivity index (χ0n) is 15.6. The van der Waals surface area contributed by atoms with Gasteiger partial charge in [-0.05, 0) is 51.6 Å². The average molecular weight is 467 g/mol. The summed E-state index contributed by atoms with van der Waals surface area (Å²) in [6.07, 6.45) is 6.00. The maximum absolute atomic E-state index is 11.6. The number of alkyl carbamates (subject to hydrolysis) is 1. The predicted octanol–water partition coefficient (Wildman–Crippen LogP) is 1.78. The van der Waals surface area contributed by atoms with Gasteiger partial charge in [-0.15, -0.1) is 24.0 Å². The standard InChI is InChI=1S/C17H33N5O2.HI/c1-3-24-17(23)21-15(14-7-8-14)13-20-16(18-2)19-9-12-22-10-5-4-6-11-22;/h14-15H,3-13H2,1-2H3,(H,21,23)(H2,18,19,20);1H. The van der Waals surface area contributed by atoms with Crippen molar-refractivity contribution in [3.63, 3.8) is 0 Å². The van der Waals surface area contributed by atoms with Crippen LogP contribution in [0.1, 0.15) is 39.0 Å². The van der Waals surface area contributed by atoms with E-state index in [2.05, 4.69) is 25.8 Å². The zero-order chi connectivity index (χ0) is 17.2. The molecular weight excluding hydrogens is 433 g/mol. The van der Waals surface area contributed by atoms with Crippen LogP contribution in [0.15, 0.2) is 4.99 Å². The molecule has 0 aromatic rings. The van der Waals surface area contributed by atoms with Crippen LogP contribution in [0.3, 0.4) is 0 Å². The summed E-state index contributed by atoms with van der Waals surface area (Å²) in [6.45, 7) is 7.25. The van der Waals surface area contributed by atoms with Crippen LogP contribution in [0.25, 0.3) is 0 Å². The molecule has 1 aliphatic heterocycles. The molecule has 1 aliphatic carbocycles. The molecule has 2 rings (SSSR count). The molecular formula is C17H34IN5O2. The molecule has 7 nitrogen and oxygen atoms in total. The van der Waals surface area contributed by atoms with E-state index in [-0.39, 0.29) is 36.1 Å². The number of ether oxygens (including phenoxy) is 1. The van der Waals surface area contributed by atoms with Gasteiger partial charge in [0.15, 0.2) is 5.96 Å². The van der Waals surface area contributed by atoms with Crippen LogP contribution in [0, 0.1) is 5.92 Å². The molecule has 1 saturated heterocycles. The predicted molar refractivity (Wildman–Crippen MR) is 112 cm³/mol. The fourth-order valence-corrected chi connectivity index (χ4v) is 3.10. The van der Waals surface area contributed by atoms with Crippen LogP contribution in [0.5, 0.6) is 0 Å². The third-order valence-electron chi connectivity index (χ3n) is 4.65. The van der Waals surface area contributed by atoms with Gasteiger partial charge in [-0.3, -0.25) is 4.99 Å². The van der Waals surface area contributed by atoms with Gasteiger partial charge in [0.05, 0.1) is 12.6 Å². The molecule has 146 valence electrons. The Bertz CT molecular complexity index is 412. The Morgan fingerprint density at radius 2 is 1.96 bits per heavy atom. The van der Waals surface area contributed by atoms with Crippen LogP contribution in [-0.2, 0) is 4.74 Å². The summed E-state index contributed by atoms with van der Waals surface area (Å²) in [5, 5.41) is 9.64.